The predicted molar refractivity (Wildman–Crippen MR) is 160 cm³/mol. The van der Waals surface area contributed by atoms with Gasteiger partial charge in [-0.25, -0.2) is 25.3 Å². The van der Waals surface area contributed by atoms with E-state index in [1.54, 1.807) is 24.3 Å². The summed E-state index contributed by atoms with van der Waals surface area (Å²) in [5, 5.41) is 35.3. The molecule has 0 aliphatic rings. The third kappa shape index (κ3) is 21.0. The van der Waals surface area contributed by atoms with Gasteiger partial charge in [-0.05, 0) is 84.7 Å². The van der Waals surface area contributed by atoms with Crippen molar-refractivity contribution in [3.8, 4) is 11.5 Å². The second-order valence-corrected chi connectivity index (χ2v) is 16.4. The fraction of sp³-hybridized carbons (Fsp3) is 0.556. The molecule has 0 spiro atoms. The van der Waals surface area contributed by atoms with Gasteiger partial charge in [-0.1, -0.05) is 38.1 Å². The molecule has 0 aliphatic carbocycles. The Labute approximate surface area is 381 Å². The van der Waals surface area contributed by atoms with Gasteiger partial charge in [0.05, 0.1) is 30.4 Å². The van der Waals surface area contributed by atoms with Gasteiger partial charge < -0.3 is 29.1 Å². The van der Waals surface area contributed by atoms with Crippen molar-refractivity contribution < 1.29 is 182 Å². The van der Waals surface area contributed by atoms with Gasteiger partial charge in [0.1, 0.15) is 11.5 Å². The second kappa shape index (κ2) is 25.2. The minimum absolute atomic E-state index is 0. The van der Waals surface area contributed by atoms with E-state index in [2.05, 4.69) is 9.37 Å². The zero-order valence-corrected chi connectivity index (χ0v) is 40.0. The van der Waals surface area contributed by atoms with Crippen molar-refractivity contribution in [3.05, 3.63) is 57.6 Å². The fourth-order valence-corrected chi connectivity index (χ4v) is 6.73. The average Bonchev–Trinajstić information content (AvgIpc) is 2.89. The maximum absolute atomic E-state index is 11.2. The molecular weight excluding hydrogens is 769 g/mol. The van der Waals surface area contributed by atoms with E-state index in [-0.39, 0.29) is 168 Å². The Kier molecular flexibility index (Phi) is 28.5. The summed E-state index contributed by atoms with van der Waals surface area (Å²) < 4.78 is 105. The van der Waals surface area contributed by atoms with Crippen LogP contribution in [0.3, 0.4) is 0 Å². The molecule has 0 saturated heterocycles. The molecule has 0 fully saturated rings. The Morgan fingerprint density at radius 2 is 0.898 bits per heavy atom. The van der Waals surface area contributed by atoms with Crippen LogP contribution in [0, 0.1) is 0 Å². The van der Waals surface area contributed by atoms with Crippen LogP contribution in [0.25, 0.3) is 0 Å². The van der Waals surface area contributed by atoms with Gasteiger partial charge in [0.25, 0.3) is 0 Å². The van der Waals surface area contributed by atoms with Gasteiger partial charge >= 0.3 is 118 Å². The Morgan fingerprint density at radius 3 is 1.16 bits per heavy atom. The molecule has 0 aliphatic heterocycles. The molecule has 0 radical (unpaired) electrons. The molecule has 0 amide bonds. The van der Waals surface area contributed by atoms with Crippen LogP contribution in [0.5, 0.6) is 11.5 Å². The first-order valence-electron chi connectivity index (χ1n) is 13.8. The summed E-state index contributed by atoms with van der Waals surface area (Å²) in [4.78, 5) is 0. The van der Waals surface area contributed by atoms with Crippen LogP contribution >= 0.6 is 12.0 Å². The molecule has 0 atom stereocenters. The molecule has 49 heavy (non-hydrogen) atoms. The van der Waals surface area contributed by atoms with Crippen molar-refractivity contribution in [1.82, 2.24) is 0 Å². The summed E-state index contributed by atoms with van der Waals surface area (Å²) in [7, 11) is -13.5. The minimum atomic E-state index is -4.52. The SMILES string of the molecule is CC(C)(c1cc(CCCSOO[O-])c(O)c(CCCS(=O)(=O)[O-])c1)c1cc(CCCS(=O)(=O)[O-])c(O)c(CCCS(=O)(=O)[O-])c1.[Na+].[Na+].[Na+].[Na+]. The Hall–Kier alpha value is 2.00. The van der Waals surface area contributed by atoms with Gasteiger partial charge in [-0.3, -0.25) is 5.04 Å². The molecule has 256 valence electrons. The topological polar surface area (TPSA) is 254 Å². The summed E-state index contributed by atoms with van der Waals surface area (Å²) in [5.74, 6) is -1.94. The van der Waals surface area contributed by atoms with Crippen molar-refractivity contribution in [2.24, 2.45) is 0 Å². The summed E-state index contributed by atoms with van der Waals surface area (Å²) in [6, 6.07) is 6.67. The molecule has 0 heterocycles. The van der Waals surface area contributed by atoms with E-state index in [4.69, 9.17) is 0 Å². The molecule has 0 bridgehead atoms. The van der Waals surface area contributed by atoms with E-state index in [1.807, 2.05) is 13.8 Å². The normalized spacial score (nSPS) is 11.9. The molecule has 0 saturated carbocycles. The summed E-state index contributed by atoms with van der Waals surface area (Å²) in [5.41, 5.74) is 1.85. The van der Waals surface area contributed by atoms with Crippen LogP contribution in [0.4, 0.5) is 0 Å². The van der Waals surface area contributed by atoms with Crippen molar-refractivity contribution >= 4 is 42.4 Å². The van der Waals surface area contributed by atoms with E-state index in [9.17, 15) is 54.4 Å². The first-order chi connectivity index (χ1) is 20.7. The number of aryl methyl sites for hydroxylation is 4. The van der Waals surface area contributed by atoms with E-state index in [0.717, 1.165) is 12.0 Å². The predicted octanol–water partition coefficient (Wildman–Crippen LogP) is -10.3. The number of phenolic OH excluding ortho intramolecular Hbond substituents is 2. The average molecular weight is 805 g/mol. The number of rotatable bonds is 20. The van der Waals surface area contributed by atoms with E-state index in [0.29, 0.717) is 52.0 Å². The number of benzene rings is 2. The largest absolute Gasteiger partial charge is 1.00 e. The van der Waals surface area contributed by atoms with Crippen LogP contribution in [0.1, 0.15) is 72.9 Å². The van der Waals surface area contributed by atoms with Crippen LogP contribution in [0.15, 0.2) is 24.3 Å². The third-order valence-corrected chi connectivity index (χ3v) is 10.2. The Balaban J connectivity index is -0.00000529. The second-order valence-electron chi connectivity index (χ2n) is 11.1. The van der Waals surface area contributed by atoms with Gasteiger partial charge in [-0.15, -0.1) is 0 Å². The fourth-order valence-electron chi connectivity index (χ4n) is 4.86. The molecule has 2 N–H and O–H groups in total. The molecule has 2 rings (SSSR count). The van der Waals surface area contributed by atoms with E-state index >= 15 is 0 Å². The molecule has 0 aromatic heterocycles. The zero-order valence-electron chi connectivity index (χ0n) is 28.7. The van der Waals surface area contributed by atoms with Crippen molar-refractivity contribution in [2.45, 2.75) is 70.6 Å². The maximum Gasteiger partial charge on any atom is 1.00 e. The van der Waals surface area contributed by atoms with Crippen LogP contribution < -0.4 is 123 Å². The van der Waals surface area contributed by atoms with Crippen LogP contribution in [-0.2, 0) is 70.8 Å². The molecule has 2 aromatic rings. The number of phenols is 2. The minimum Gasteiger partial charge on any atom is -0.748 e. The van der Waals surface area contributed by atoms with Crippen molar-refractivity contribution in [2.75, 3.05) is 23.0 Å². The third-order valence-electron chi connectivity index (χ3n) is 7.25. The van der Waals surface area contributed by atoms with Gasteiger partial charge in [-0.2, -0.15) is 4.33 Å². The number of hydrogen-bond acceptors (Lipinski definition) is 15. The van der Waals surface area contributed by atoms with Gasteiger partial charge in [0.15, 0.2) is 0 Å². The zero-order chi connectivity index (χ0) is 34.1. The molecule has 22 heteroatoms. The quantitative estimate of drug-likeness (QED) is 0.0315. The summed E-state index contributed by atoms with van der Waals surface area (Å²) >= 11 is 0.770. The summed E-state index contributed by atoms with van der Waals surface area (Å²) in [6.45, 7) is 3.66. The summed E-state index contributed by atoms with van der Waals surface area (Å²) in [6.07, 6.45) is 0.604. The molecule has 2 aromatic carbocycles. The van der Waals surface area contributed by atoms with Crippen LogP contribution in [0.2, 0.25) is 0 Å². The van der Waals surface area contributed by atoms with Gasteiger partial charge in [0.2, 0.25) is 0 Å². The standard InChI is InChI=1S/C27H40O14S4.4Na/c1-27(2,23-15-19(7-3-11-42-41-40-30)25(28)20(16-23)8-4-12-43(31,32)33)24-17-21(9-5-13-44(34,35)36)26(29)22(18-24)10-6-14-45(37,38)39;;;;/h15-18,28-30H,3-14H2,1-2H3,(H,31,32,33)(H,34,35,36)(H,37,38,39);;;;/q;4*+1/p-4. The van der Waals surface area contributed by atoms with Crippen molar-refractivity contribution in [3.63, 3.8) is 0 Å². The van der Waals surface area contributed by atoms with E-state index in [1.165, 1.54) is 0 Å². The van der Waals surface area contributed by atoms with Crippen molar-refractivity contribution in [1.29, 1.82) is 0 Å². The molecular formula is C27H36Na4O14S4. The first-order valence-corrected chi connectivity index (χ1v) is 19.5. The number of hydrogen-bond donors (Lipinski definition) is 2. The molecule has 0 unspecified atom stereocenters. The van der Waals surface area contributed by atoms with E-state index < -0.39 is 53.0 Å². The first kappa shape index (κ1) is 55.3. The van der Waals surface area contributed by atoms with Gasteiger partial charge in [0, 0.05) is 40.5 Å². The maximum atomic E-state index is 11.2. The smallest absolute Gasteiger partial charge is 0.748 e. The monoisotopic (exact) mass is 804 g/mol. The Morgan fingerprint density at radius 1 is 0.612 bits per heavy atom. The number of aromatic hydroxyl groups is 2. The van der Waals surface area contributed by atoms with Crippen LogP contribution in [-0.4, -0.2) is 72.1 Å². The Bertz CT molecular complexity index is 1580. The molecule has 14 nitrogen and oxygen atoms in total.